The van der Waals surface area contributed by atoms with E-state index in [-0.39, 0.29) is 12.5 Å². The minimum absolute atomic E-state index is 0.227. The Hall–Kier alpha value is -2.93. The number of benzene rings is 1. The monoisotopic (exact) mass is 343 g/mol. The van der Waals surface area contributed by atoms with Gasteiger partial charge in [0, 0.05) is 11.8 Å². The van der Waals surface area contributed by atoms with E-state index in [9.17, 15) is 4.79 Å². The molecule has 0 unspecified atom stereocenters. The molecule has 3 aromatic rings. The van der Waals surface area contributed by atoms with Crippen molar-refractivity contribution < 1.29 is 9.53 Å². The molecule has 0 radical (unpaired) electrons. The van der Waals surface area contributed by atoms with Crippen molar-refractivity contribution in [1.82, 2.24) is 25.5 Å². The number of aromatic amines is 1. The molecule has 0 saturated carbocycles. The number of nitrogens with one attached hydrogen (secondary N) is 2. The van der Waals surface area contributed by atoms with Crippen LogP contribution in [0.5, 0.6) is 5.75 Å². The van der Waals surface area contributed by atoms with Crippen molar-refractivity contribution >= 4 is 17.5 Å². The molecule has 1 amide bonds. The van der Waals surface area contributed by atoms with Crippen molar-refractivity contribution in [2.45, 2.75) is 6.54 Å². The van der Waals surface area contributed by atoms with Gasteiger partial charge in [-0.1, -0.05) is 11.6 Å². The molecule has 2 N–H and O–H groups in total. The molecule has 2 heterocycles. The van der Waals surface area contributed by atoms with E-state index >= 15 is 0 Å². The van der Waals surface area contributed by atoms with Gasteiger partial charge in [-0.2, -0.15) is 5.10 Å². The van der Waals surface area contributed by atoms with E-state index in [1.165, 1.54) is 6.20 Å². The molecule has 3 rings (SSSR count). The van der Waals surface area contributed by atoms with Crippen LogP contribution in [0.2, 0.25) is 5.15 Å². The molecular weight excluding hydrogens is 330 g/mol. The van der Waals surface area contributed by atoms with Crippen LogP contribution in [0.15, 0.2) is 42.6 Å². The zero-order valence-corrected chi connectivity index (χ0v) is 13.5. The Morgan fingerprint density at radius 1 is 1.25 bits per heavy atom. The molecule has 0 fully saturated rings. The van der Waals surface area contributed by atoms with E-state index in [2.05, 4.69) is 25.5 Å². The van der Waals surface area contributed by atoms with Crippen LogP contribution in [0.1, 0.15) is 16.2 Å². The fraction of sp³-hybridized carbons (Fsp3) is 0.125. The third-order valence-electron chi connectivity index (χ3n) is 3.29. The van der Waals surface area contributed by atoms with Crippen molar-refractivity contribution in [2.75, 3.05) is 7.11 Å². The number of amides is 1. The fourth-order valence-electron chi connectivity index (χ4n) is 2.02. The van der Waals surface area contributed by atoms with E-state index in [1.54, 1.807) is 19.2 Å². The fourth-order valence-corrected chi connectivity index (χ4v) is 2.13. The molecule has 24 heavy (non-hydrogen) atoms. The molecular formula is C16H14ClN5O2. The number of ether oxygens (including phenoxy) is 1. The number of carbonyl (C=O) groups is 1. The number of rotatable bonds is 5. The van der Waals surface area contributed by atoms with E-state index in [4.69, 9.17) is 16.3 Å². The molecule has 0 saturated heterocycles. The standard InChI is InChI=1S/C16H14ClN5O2/c1-24-12-5-2-10(3-6-12)15-20-14(21-22-15)9-19-16(23)11-4-7-13(17)18-8-11/h2-8H,9H2,1H3,(H,19,23)(H,20,21,22). The number of hydrogen-bond acceptors (Lipinski definition) is 5. The number of methoxy groups -OCH3 is 1. The second kappa shape index (κ2) is 7.10. The van der Waals surface area contributed by atoms with E-state index in [0.29, 0.717) is 22.4 Å². The average Bonchev–Trinajstić information content (AvgIpc) is 3.09. The maximum absolute atomic E-state index is 12.0. The molecule has 122 valence electrons. The van der Waals surface area contributed by atoms with Crippen LogP contribution in [-0.4, -0.2) is 33.2 Å². The molecule has 0 spiro atoms. The molecule has 0 aliphatic heterocycles. The van der Waals surface area contributed by atoms with Crippen LogP contribution in [0.25, 0.3) is 11.4 Å². The summed E-state index contributed by atoms with van der Waals surface area (Å²) in [6, 6.07) is 10.6. The van der Waals surface area contributed by atoms with Crippen molar-refractivity contribution in [2.24, 2.45) is 0 Å². The SMILES string of the molecule is COc1ccc(-c2n[nH]c(CNC(=O)c3ccc(Cl)nc3)n2)cc1. The normalized spacial score (nSPS) is 10.4. The second-order valence-electron chi connectivity index (χ2n) is 4.89. The van der Waals surface area contributed by atoms with Crippen LogP contribution in [-0.2, 0) is 6.54 Å². The van der Waals surface area contributed by atoms with Crippen LogP contribution >= 0.6 is 11.6 Å². The highest BCUT2D eigenvalue weighted by atomic mass is 35.5. The Labute approximate surface area is 143 Å². The number of aromatic nitrogens is 4. The van der Waals surface area contributed by atoms with Gasteiger partial charge >= 0.3 is 0 Å². The molecule has 0 aliphatic rings. The molecule has 7 nitrogen and oxygen atoms in total. The molecule has 0 aliphatic carbocycles. The van der Waals surface area contributed by atoms with Gasteiger partial charge in [0.05, 0.1) is 19.2 Å². The summed E-state index contributed by atoms with van der Waals surface area (Å²) in [5.74, 6) is 1.60. The predicted molar refractivity (Wildman–Crippen MR) is 88.8 cm³/mol. The third-order valence-corrected chi connectivity index (χ3v) is 3.51. The highest BCUT2D eigenvalue weighted by molar-refractivity contribution is 6.29. The lowest BCUT2D eigenvalue weighted by molar-refractivity contribution is 0.0949. The first-order valence-corrected chi connectivity index (χ1v) is 7.49. The summed E-state index contributed by atoms with van der Waals surface area (Å²) in [5, 5.41) is 10.0. The van der Waals surface area contributed by atoms with E-state index < -0.39 is 0 Å². The molecule has 8 heteroatoms. The van der Waals surface area contributed by atoms with Gasteiger partial charge in [-0.15, -0.1) is 0 Å². The number of carbonyl (C=O) groups excluding carboxylic acids is 1. The smallest absolute Gasteiger partial charge is 0.253 e. The summed E-state index contributed by atoms with van der Waals surface area (Å²) in [6.07, 6.45) is 1.42. The largest absolute Gasteiger partial charge is 0.497 e. The molecule has 1 aromatic carbocycles. The highest BCUT2D eigenvalue weighted by Crippen LogP contribution is 2.18. The van der Waals surface area contributed by atoms with Crippen LogP contribution in [0.3, 0.4) is 0 Å². The minimum atomic E-state index is -0.262. The first-order valence-electron chi connectivity index (χ1n) is 7.11. The zero-order valence-electron chi connectivity index (χ0n) is 12.8. The van der Waals surface area contributed by atoms with Crippen molar-refractivity contribution in [3.05, 3.63) is 59.1 Å². The number of H-pyrrole nitrogens is 1. The van der Waals surface area contributed by atoms with Crippen molar-refractivity contribution in [3.63, 3.8) is 0 Å². The Morgan fingerprint density at radius 2 is 2.04 bits per heavy atom. The predicted octanol–water partition coefficient (Wildman–Crippen LogP) is 2.46. The molecule has 2 aromatic heterocycles. The zero-order chi connectivity index (χ0) is 16.9. The van der Waals surface area contributed by atoms with Gasteiger partial charge in [0.1, 0.15) is 16.7 Å². The van der Waals surface area contributed by atoms with Gasteiger partial charge in [-0.05, 0) is 36.4 Å². The van der Waals surface area contributed by atoms with Crippen LogP contribution < -0.4 is 10.1 Å². The van der Waals surface area contributed by atoms with Crippen molar-refractivity contribution in [3.8, 4) is 17.1 Å². The summed E-state index contributed by atoms with van der Waals surface area (Å²) >= 11 is 5.70. The molecule has 0 bridgehead atoms. The Kier molecular flexibility index (Phi) is 4.72. The highest BCUT2D eigenvalue weighted by Gasteiger charge is 2.09. The lowest BCUT2D eigenvalue weighted by Gasteiger charge is -2.02. The van der Waals surface area contributed by atoms with E-state index in [1.807, 2.05) is 24.3 Å². The number of hydrogen-bond donors (Lipinski definition) is 2. The van der Waals surface area contributed by atoms with Gasteiger partial charge in [0.2, 0.25) is 0 Å². The summed E-state index contributed by atoms with van der Waals surface area (Å²) in [7, 11) is 1.61. The first kappa shape index (κ1) is 15.9. The Bertz CT molecular complexity index is 830. The number of nitrogens with zero attached hydrogens (tertiary/aromatic N) is 3. The second-order valence-corrected chi connectivity index (χ2v) is 5.27. The average molecular weight is 344 g/mol. The quantitative estimate of drug-likeness (QED) is 0.694. The maximum Gasteiger partial charge on any atom is 0.253 e. The number of pyridine rings is 1. The summed E-state index contributed by atoms with van der Waals surface area (Å²) in [5.41, 5.74) is 1.28. The third kappa shape index (κ3) is 3.69. The van der Waals surface area contributed by atoms with Gasteiger partial charge in [-0.3, -0.25) is 9.89 Å². The lowest BCUT2D eigenvalue weighted by Crippen LogP contribution is -2.23. The first-order chi connectivity index (χ1) is 11.7. The number of halogens is 1. The maximum atomic E-state index is 12.0. The van der Waals surface area contributed by atoms with E-state index in [0.717, 1.165) is 11.3 Å². The lowest BCUT2D eigenvalue weighted by atomic mass is 10.2. The van der Waals surface area contributed by atoms with Crippen molar-refractivity contribution in [1.29, 1.82) is 0 Å². The summed E-state index contributed by atoms with van der Waals surface area (Å²) in [6.45, 7) is 0.227. The Morgan fingerprint density at radius 3 is 2.71 bits per heavy atom. The minimum Gasteiger partial charge on any atom is -0.497 e. The van der Waals surface area contributed by atoms with Crippen LogP contribution in [0, 0.1) is 0 Å². The van der Waals surface area contributed by atoms with Gasteiger partial charge in [0.25, 0.3) is 5.91 Å². The summed E-state index contributed by atoms with van der Waals surface area (Å²) in [4.78, 5) is 20.2. The topological polar surface area (TPSA) is 92.8 Å². The summed E-state index contributed by atoms with van der Waals surface area (Å²) < 4.78 is 5.12. The van der Waals surface area contributed by atoms with Gasteiger partial charge in [-0.25, -0.2) is 9.97 Å². The Balaban J connectivity index is 1.63. The van der Waals surface area contributed by atoms with Gasteiger partial charge < -0.3 is 10.1 Å². The molecule has 0 atom stereocenters. The van der Waals surface area contributed by atoms with Gasteiger partial charge in [0.15, 0.2) is 5.82 Å². The van der Waals surface area contributed by atoms with Crippen LogP contribution in [0.4, 0.5) is 0 Å².